The quantitative estimate of drug-likeness (QED) is 0.653. The number of carbonyl (C=O) groups excluding carboxylic acids is 1. The molecular weight excluding hydrogens is 436 g/mol. The van der Waals surface area contributed by atoms with Crippen molar-refractivity contribution in [3.63, 3.8) is 0 Å². The maximum atomic E-state index is 13.2. The predicted molar refractivity (Wildman–Crippen MR) is 120 cm³/mol. The number of sulfone groups is 1. The number of aromatic nitrogens is 1. The number of amides is 1. The first-order valence-corrected chi connectivity index (χ1v) is 12.6. The van der Waals surface area contributed by atoms with Crippen LogP contribution in [-0.4, -0.2) is 37.8 Å². The van der Waals surface area contributed by atoms with Gasteiger partial charge in [-0.15, -0.1) is 0 Å². The van der Waals surface area contributed by atoms with Crippen LogP contribution in [0.25, 0.3) is 0 Å². The average molecular weight is 463 g/mol. The van der Waals surface area contributed by atoms with Crippen molar-refractivity contribution >= 4 is 33.2 Å². The molecule has 2 fully saturated rings. The number of aryl methyl sites for hydroxylation is 1. The van der Waals surface area contributed by atoms with Gasteiger partial charge in [0.25, 0.3) is 0 Å². The van der Waals surface area contributed by atoms with Crippen molar-refractivity contribution in [2.45, 2.75) is 55.1 Å². The van der Waals surface area contributed by atoms with Gasteiger partial charge in [-0.1, -0.05) is 23.7 Å². The summed E-state index contributed by atoms with van der Waals surface area (Å²) in [5.74, 6) is 0.217. The molecule has 1 unspecified atom stereocenters. The minimum Gasteiger partial charge on any atom is -0.381 e. The molecule has 1 aromatic carbocycles. The molecule has 8 heteroatoms. The van der Waals surface area contributed by atoms with Gasteiger partial charge in [0, 0.05) is 19.4 Å². The molecule has 2 heterocycles. The Kier molecular flexibility index (Phi) is 6.65. The van der Waals surface area contributed by atoms with Gasteiger partial charge in [-0.25, -0.2) is 13.4 Å². The zero-order valence-electron chi connectivity index (χ0n) is 17.5. The van der Waals surface area contributed by atoms with Crippen molar-refractivity contribution in [1.29, 1.82) is 0 Å². The number of nitrogens with one attached hydrogen (secondary N) is 1. The van der Waals surface area contributed by atoms with E-state index in [1.807, 2.05) is 13.0 Å². The molecule has 6 nitrogen and oxygen atoms in total. The lowest BCUT2D eigenvalue weighted by molar-refractivity contribution is -0.118. The van der Waals surface area contributed by atoms with Gasteiger partial charge in [-0.2, -0.15) is 0 Å². The van der Waals surface area contributed by atoms with Gasteiger partial charge < -0.3 is 10.1 Å². The highest BCUT2D eigenvalue weighted by atomic mass is 35.5. The van der Waals surface area contributed by atoms with Gasteiger partial charge in [-0.05, 0) is 74.3 Å². The second-order valence-electron chi connectivity index (χ2n) is 8.49. The van der Waals surface area contributed by atoms with Crippen molar-refractivity contribution in [2.75, 3.05) is 18.5 Å². The summed E-state index contributed by atoms with van der Waals surface area (Å²) in [5.41, 5.74) is 1.73. The maximum Gasteiger partial charge on any atom is 0.233 e. The standard InChI is InChI=1S/C23H27ClN2O4S/c1-15-2-7-22(25-14-15)26-23(27)19(12-16-8-10-30-11-9-16)17-3-6-21(20(24)13-17)31(28,29)18-4-5-18/h2-3,6-7,13-14,16,18-19H,4-5,8-12H2,1H3,(H,25,26,27). The predicted octanol–water partition coefficient (Wildman–Crippen LogP) is 4.52. The molecule has 1 saturated heterocycles. The minimum absolute atomic E-state index is 0.158. The summed E-state index contributed by atoms with van der Waals surface area (Å²) in [6.07, 6.45) is 5.50. The van der Waals surface area contributed by atoms with Crippen LogP contribution >= 0.6 is 11.6 Å². The zero-order valence-corrected chi connectivity index (χ0v) is 19.1. The molecular formula is C23H27ClN2O4S. The highest BCUT2D eigenvalue weighted by Gasteiger charge is 2.38. The summed E-state index contributed by atoms with van der Waals surface area (Å²) < 4.78 is 30.7. The molecule has 1 aliphatic carbocycles. The molecule has 1 aromatic heterocycles. The van der Waals surface area contributed by atoms with Crippen LogP contribution in [0.2, 0.25) is 5.02 Å². The Bertz CT molecular complexity index is 1050. The van der Waals surface area contributed by atoms with E-state index in [2.05, 4.69) is 10.3 Å². The van der Waals surface area contributed by atoms with Crippen LogP contribution in [-0.2, 0) is 19.4 Å². The average Bonchev–Trinajstić information content (AvgIpc) is 3.60. The Labute approximate surface area is 188 Å². The van der Waals surface area contributed by atoms with E-state index in [0.717, 1.165) is 24.0 Å². The molecule has 1 saturated carbocycles. The van der Waals surface area contributed by atoms with E-state index < -0.39 is 15.8 Å². The molecule has 2 aromatic rings. The number of rotatable bonds is 7. The van der Waals surface area contributed by atoms with Gasteiger partial charge in [0.05, 0.1) is 21.1 Å². The first-order valence-electron chi connectivity index (χ1n) is 10.7. The number of benzene rings is 1. The molecule has 0 spiro atoms. The van der Waals surface area contributed by atoms with Crippen LogP contribution in [0.1, 0.15) is 49.1 Å². The van der Waals surface area contributed by atoms with Crippen molar-refractivity contribution in [3.05, 3.63) is 52.7 Å². The van der Waals surface area contributed by atoms with Crippen molar-refractivity contribution in [1.82, 2.24) is 4.98 Å². The molecule has 0 radical (unpaired) electrons. The van der Waals surface area contributed by atoms with Crippen LogP contribution < -0.4 is 5.32 Å². The first-order chi connectivity index (χ1) is 14.8. The highest BCUT2D eigenvalue weighted by molar-refractivity contribution is 7.92. The summed E-state index contributed by atoms with van der Waals surface area (Å²) >= 11 is 6.41. The lowest BCUT2D eigenvalue weighted by Gasteiger charge is -2.26. The number of halogens is 1. The maximum absolute atomic E-state index is 13.2. The van der Waals surface area contributed by atoms with E-state index in [1.165, 1.54) is 0 Å². The Balaban J connectivity index is 1.60. The SMILES string of the molecule is Cc1ccc(NC(=O)C(CC2CCOCC2)c2ccc(S(=O)(=O)C3CC3)c(Cl)c2)nc1. The molecule has 0 bridgehead atoms. The van der Waals surface area contributed by atoms with Gasteiger partial charge in [0.15, 0.2) is 9.84 Å². The summed E-state index contributed by atoms with van der Waals surface area (Å²) in [7, 11) is -3.40. The first kappa shape index (κ1) is 22.2. The van der Waals surface area contributed by atoms with E-state index in [9.17, 15) is 13.2 Å². The smallest absolute Gasteiger partial charge is 0.233 e. The van der Waals surface area contributed by atoms with Gasteiger partial charge >= 0.3 is 0 Å². The summed E-state index contributed by atoms with van der Waals surface area (Å²) in [6.45, 7) is 3.32. The lowest BCUT2D eigenvalue weighted by Crippen LogP contribution is -2.26. The van der Waals surface area contributed by atoms with Crippen molar-refractivity contribution in [2.24, 2.45) is 5.92 Å². The number of pyridine rings is 1. The number of carbonyl (C=O) groups is 1. The second kappa shape index (κ2) is 9.27. The number of hydrogen-bond acceptors (Lipinski definition) is 5. The Morgan fingerprint density at radius 2 is 1.94 bits per heavy atom. The monoisotopic (exact) mass is 462 g/mol. The fourth-order valence-electron chi connectivity index (χ4n) is 3.99. The fraction of sp³-hybridized carbons (Fsp3) is 0.478. The Morgan fingerprint density at radius 1 is 1.19 bits per heavy atom. The minimum atomic E-state index is -3.40. The van der Waals surface area contributed by atoms with Crippen molar-refractivity contribution in [3.8, 4) is 0 Å². The number of ether oxygens (including phenoxy) is 1. The van der Waals surface area contributed by atoms with Gasteiger partial charge in [0.2, 0.25) is 5.91 Å². The molecule has 1 N–H and O–H groups in total. The van der Waals surface area contributed by atoms with E-state index in [-0.39, 0.29) is 21.1 Å². The number of hydrogen-bond donors (Lipinski definition) is 1. The van der Waals surface area contributed by atoms with E-state index in [4.69, 9.17) is 16.3 Å². The summed E-state index contributed by atoms with van der Waals surface area (Å²) in [4.78, 5) is 17.7. The largest absolute Gasteiger partial charge is 0.381 e. The van der Waals surface area contributed by atoms with Crippen LogP contribution in [0.3, 0.4) is 0 Å². The van der Waals surface area contributed by atoms with Crippen LogP contribution in [0, 0.1) is 12.8 Å². The number of anilines is 1. The summed E-state index contributed by atoms with van der Waals surface area (Å²) in [5, 5.41) is 2.76. The summed E-state index contributed by atoms with van der Waals surface area (Å²) in [6, 6.07) is 8.59. The lowest BCUT2D eigenvalue weighted by atomic mass is 9.84. The second-order valence-corrected chi connectivity index (χ2v) is 11.1. The Morgan fingerprint density at radius 3 is 2.55 bits per heavy atom. The normalized spacial score (nSPS) is 18.5. The molecule has 1 atom stereocenters. The van der Waals surface area contributed by atoms with Gasteiger partial charge in [-0.3, -0.25) is 4.79 Å². The third-order valence-electron chi connectivity index (χ3n) is 6.02. The fourth-order valence-corrected chi connectivity index (χ4v) is 6.20. The van der Waals surface area contributed by atoms with Crippen molar-refractivity contribution < 1.29 is 17.9 Å². The molecule has 1 amide bonds. The third kappa shape index (κ3) is 5.27. The van der Waals surface area contributed by atoms with E-state index in [1.54, 1.807) is 30.5 Å². The molecule has 2 aliphatic rings. The number of nitrogens with zero attached hydrogens (tertiary/aromatic N) is 1. The van der Waals surface area contributed by atoms with Gasteiger partial charge in [0.1, 0.15) is 5.82 Å². The Hall–Kier alpha value is -1.96. The van der Waals surface area contributed by atoms with E-state index >= 15 is 0 Å². The van der Waals surface area contributed by atoms with E-state index in [0.29, 0.717) is 44.2 Å². The molecule has 166 valence electrons. The zero-order chi connectivity index (χ0) is 22.0. The third-order valence-corrected chi connectivity index (χ3v) is 8.76. The van der Waals surface area contributed by atoms with Crippen LogP contribution in [0.5, 0.6) is 0 Å². The molecule has 4 rings (SSSR count). The topological polar surface area (TPSA) is 85.4 Å². The van der Waals surface area contributed by atoms with Crippen LogP contribution in [0.4, 0.5) is 5.82 Å². The molecule has 1 aliphatic heterocycles. The molecule has 31 heavy (non-hydrogen) atoms. The highest BCUT2D eigenvalue weighted by Crippen LogP contribution is 2.38. The van der Waals surface area contributed by atoms with Crippen LogP contribution in [0.15, 0.2) is 41.4 Å².